The third-order valence-corrected chi connectivity index (χ3v) is 2.92. The van der Waals surface area contributed by atoms with Crippen molar-refractivity contribution in [2.75, 3.05) is 0 Å². The largest absolute Gasteiger partial charge is 0.364 e. The van der Waals surface area contributed by atoms with Crippen LogP contribution in [0, 0.1) is 18.3 Å². The van der Waals surface area contributed by atoms with Crippen LogP contribution in [0.4, 0.5) is 0 Å². The van der Waals surface area contributed by atoms with E-state index in [1.165, 1.54) is 6.07 Å². The summed E-state index contributed by atoms with van der Waals surface area (Å²) in [6.45, 7) is 1.82. The molecule has 0 spiro atoms. The first kappa shape index (κ1) is 11.2. The summed E-state index contributed by atoms with van der Waals surface area (Å²) in [6.07, 6.45) is 1.64. The number of hydrogen-bond acceptors (Lipinski definition) is 3. The molecule has 0 saturated carbocycles. The van der Waals surface area contributed by atoms with Crippen LogP contribution in [-0.2, 0) is 0 Å². The molecule has 2 N–H and O–H groups in total. The van der Waals surface area contributed by atoms with Crippen molar-refractivity contribution in [2.24, 2.45) is 0 Å². The average molecular weight is 250 g/mol. The lowest BCUT2D eigenvalue weighted by Crippen LogP contribution is -2.05. The van der Waals surface area contributed by atoms with E-state index >= 15 is 0 Å². The number of benzene rings is 1. The van der Waals surface area contributed by atoms with Gasteiger partial charge in [0.25, 0.3) is 0 Å². The Bertz CT molecular complexity index is 867. The van der Waals surface area contributed by atoms with Gasteiger partial charge in [0.05, 0.1) is 28.2 Å². The Labute approximate surface area is 108 Å². The fourth-order valence-electron chi connectivity index (χ4n) is 1.96. The van der Waals surface area contributed by atoms with Crippen molar-refractivity contribution in [3.63, 3.8) is 0 Å². The molecule has 0 saturated heterocycles. The third kappa shape index (κ3) is 1.89. The van der Waals surface area contributed by atoms with E-state index in [1.54, 1.807) is 24.4 Å². The topological polar surface area (TPSA) is 85.3 Å². The van der Waals surface area contributed by atoms with E-state index in [0.29, 0.717) is 17.0 Å². The smallest absolute Gasteiger partial charge is 0.192 e. The number of aromatic nitrogens is 3. The number of rotatable bonds is 1. The molecule has 0 aliphatic rings. The Kier molecular flexibility index (Phi) is 2.43. The lowest BCUT2D eigenvalue weighted by Gasteiger charge is -1.96. The highest BCUT2D eigenvalue weighted by atomic mass is 16.1. The molecule has 3 rings (SSSR count). The maximum Gasteiger partial charge on any atom is 0.192 e. The Morgan fingerprint density at radius 1 is 1.32 bits per heavy atom. The summed E-state index contributed by atoms with van der Waals surface area (Å²) >= 11 is 0. The first-order chi connectivity index (χ1) is 9.17. The predicted molar refractivity (Wildman–Crippen MR) is 71.6 cm³/mol. The molecule has 1 aromatic carbocycles. The Hall–Kier alpha value is -2.87. The van der Waals surface area contributed by atoms with Crippen molar-refractivity contribution < 1.29 is 0 Å². The number of aromatic amines is 2. The predicted octanol–water partition coefficient (Wildman–Crippen LogP) is 2.10. The van der Waals surface area contributed by atoms with E-state index in [9.17, 15) is 4.79 Å². The molecule has 0 aliphatic carbocycles. The van der Waals surface area contributed by atoms with Crippen molar-refractivity contribution in [3.05, 3.63) is 51.9 Å². The fourth-order valence-corrected chi connectivity index (χ4v) is 1.96. The SMILES string of the molecule is Cc1cc(=O)c(-c2nc3ccc(C#N)cc3[nH]2)c[nH]1. The second kappa shape index (κ2) is 4.10. The van der Waals surface area contributed by atoms with Gasteiger partial charge in [-0.3, -0.25) is 4.79 Å². The summed E-state index contributed by atoms with van der Waals surface area (Å²) in [5, 5.41) is 8.86. The molecule has 2 aromatic heterocycles. The van der Waals surface area contributed by atoms with Crippen LogP contribution in [0.25, 0.3) is 22.4 Å². The minimum absolute atomic E-state index is 0.0872. The van der Waals surface area contributed by atoms with Gasteiger partial charge in [0.15, 0.2) is 5.43 Å². The van der Waals surface area contributed by atoms with E-state index in [1.807, 2.05) is 6.92 Å². The van der Waals surface area contributed by atoms with Gasteiger partial charge in [-0.15, -0.1) is 0 Å². The second-order valence-electron chi connectivity index (χ2n) is 4.32. The van der Waals surface area contributed by atoms with Gasteiger partial charge in [-0.25, -0.2) is 4.98 Å². The van der Waals surface area contributed by atoms with Gasteiger partial charge < -0.3 is 9.97 Å². The fraction of sp³-hybridized carbons (Fsp3) is 0.0714. The van der Waals surface area contributed by atoms with Gasteiger partial charge in [0.2, 0.25) is 0 Å². The van der Waals surface area contributed by atoms with Crippen LogP contribution < -0.4 is 5.43 Å². The maximum absolute atomic E-state index is 11.9. The van der Waals surface area contributed by atoms with Gasteiger partial charge in [-0.05, 0) is 25.1 Å². The van der Waals surface area contributed by atoms with Crippen LogP contribution in [-0.4, -0.2) is 15.0 Å². The molecule has 19 heavy (non-hydrogen) atoms. The molecule has 0 atom stereocenters. The first-order valence-corrected chi connectivity index (χ1v) is 5.77. The molecule has 2 heterocycles. The third-order valence-electron chi connectivity index (χ3n) is 2.92. The average Bonchev–Trinajstić information content (AvgIpc) is 2.80. The normalized spacial score (nSPS) is 10.5. The van der Waals surface area contributed by atoms with Crippen LogP contribution in [0.1, 0.15) is 11.3 Å². The van der Waals surface area contributed by atoms with E-state index in [2.05, 4.69) is 21.0 Å². The molecule has 0 amide bonds. The summed E-state index contributed by atoms with van der Waals surface area (Å²) < 4.78 is 0. The number of imidazole rings is 1. The van der Waals surface area contributed by atoms with Crippen LogP contribution in [0.15, 0.2) is 35.3 Å². The van der Waals surface area contributed by atoms with E-state index in [0.717, 1.165) is 16.7 Å². The molecule has 0 fully saturated rings. The zero-order valence-electron chi connectivity index (χ0n) is 10.2. The monoisotopic (exact) mass is 250 g/mol. The molecule has 0 radical (unpaired) electrons. The Morgan fingerprint density at radius 2 is 2.16 bits per heavy atom. The standard InChI is InChI=1S/C14H10N4O/c1-8-4-13(19)10(7-16-8)14-17-11-3-2-9(6-15)5-12(11)18-14/h2-5,7H,1H3,(H,16,19)(H,17,18). The van der Waals surface area contributed by atoms with Crippen molar-refractivity contribution in [2.45, 2.75) is 6.92 Å². The second-order valence-corrected chi connectivity index (χ2v) is 4.32. The van der Waals surface area contributed by atoms with Crippen LogP contribution >= 0.6 is 0 Å². The van der Waals surface area contributed by atoms with Gasteiger partial charge in [-0.2, -0.15) is 5.26 Å². The van der Waals surface area contributed by atoms with Crippen molar-refractivity contribution in [3.8, 4) is 17.5 Å². The molecule has 0 aliphatic heterocycles. The highest BCUT2D eigenvalue weighted by Gasteiger charge is 2.09. The number of pyridine rings is 1. The number of nitrogens with one attached hydrogen (secondary N) is 2. The highest BCUT2D eigenvalue weighted by Crippen LogP contribution is 2.18. The molecular formula is C14H10N4O. The van der Waals surface area contributed by atoms with Gasteiger partial charge >= 0.3 is 0 Å². The van der Waals surface area contributed by atoms with Gasteiger partial charge in [-0.1, -0.05) is 0 Å². The van der Waals surface area contributed by atoms with Crippen molar-refractivity contribution in [1.29, 1.82) is 5.26 Å². The zero-order valence-corrected chi connectivity index (χ0v) is 10.2. The molecule has 5 nitrogen and oxygen atoms in total. The summed E-state index contributed by atoms with van der Waals surface area (Å²) in [5.41, 5.74) is 3.23. The number of aryl methyl sites for hydroxylation is 1. The van der Waals surface area contributed by atoms with E-state index in [4.69, 9.17) is 5.26 Å². The maximum atomic E-state index is 11.9. The molecule has 0 bridgehead atoms. The van der Waals surface area contributed by atoms with Gasteiger partial charge in [0, 0.05) is 18.0 Å². The minimum atomic E-state index is -0.0872. The first-order valence-electron chi connectivity index (χ1n) is 5.77. The van der Waals surface area contributed by atoms with Crippen LogP contribution in [0.5, 0.6) is 0 Å². The highest BCUT2D eigenvalue weighted by molar-refractivity contribution is 5.80. The van der Waals surface area contributed by atoms with E-state index in [-0.39, 0.29) is 5.43 Å². The van der Waals surface area contributed by atoms with Crippen molar-refractivity contribution >= 4 is 11.0 Å². The molecule has 3 aromatic rings. The van der Waals surface area contributed by atoms with Crippen LogP contribution in [0.2, 0.25) is 0 Å². The Balaban J connectivity index is 2.21. The number of fused-ring (bicyclic) bond motifs is 1. The summed E-state index contributed by atoms with van der Waals surface area (Å²) in [7, 11) is 0. The molecular weight excluding hydrogens is 240 g/mol. The lowest BCUT2D eigenvalue weighted by molar-refractivity contribution is 1.17. The number of H-pyrrole nitrogens is 2. The number of hydrogen-bond donors (Lipinski definition) is 2. The van der Waals surface area contributed by atoms with Crippen molar-refractivity contribution in [1.82, 2.24) is 15.0 Å². The lowest BCUT2D eigenvalue weighted by atomic mass is 10.2. The Morgan fingerprint density at radius 3 is 2.89 bits per heavy atom. The minimum Gasteiger partial charge on any atom is -0.364 e. The quantitative estimate of drug-likeness (QED) is 0.693. The molecule has 5 heteroatoms. The number of nitriles is 1. The molecule has 92 valence electrons. The van der Waals surface area contributed by atoms with Gasteiger partial charge in [0.1, 0.15) is 5.82 Å². The number of nitrogens with zero attached hydrogens (tertiary/aromatic N) is 2. The zero-order chi connectivity index (χ0) is 13.4. The molecule has 0 unspecified atom stereocenters. The van der Waals surface area contributed by atoms with E-state index < -0.39 is 0 Å². The summed E-state index contributed by atoms with van der Waals surface area (Å²) in [6, 6.07) is 8.78. The van der Waals surface area contributed by atoms with Crippen LogP contribution in [0.3, 0.4) is 0 Å². The summed E-state index contributed by atoms with van der Waals surface area (Å²) in [5.74, 6) is 0.506. The summed E-state index contributed by atoms with van der Waals surface area (Å²) in [4.78, 5) is 22.3.